The number of hydrogen-bond acceptors (Lipinski definition) is 4. The van der Waals surface area contributed by atoms with E-state index in [0.29, 0.717) is 12.2 Å². The van der Waals surface area contributed by atoms with Gasteiger partial charge in [0.05, 0.1) is 18.7 Å². The lowest BCUT2D eigenvalue weighted by Gasteiger charge is -2.29. The monoisotopic (exact) mass is 184 g/mol. The molecule has 1 heterocycles. The van der Waals surface area contributed by atoms with Crippen molar-refractivity contribution in [2.45, 2.75) is 26.3 Å². The first kappa shape index (κ1) is 9.85. The van der Waals surface area contributed by atoms with Gasteiger partial charge in [-0.3, -0.25) is 4.79 Å². The minimum Gasteiger partial charge on any atom is -0.399 e. The van der Waals surface area contributed by atoms with E-state index >= 15 is 0 Å². The Morgan fingerprint density at radius 3 is 2.69 bits per heavy atom. The highest BCUT2D eigenvalue weighted by Gasteiger charge is 2.20. The molecule has 0 aliphatic carbocycles. The van der Waals surface area contributed by atoms with E-state index in [1.54, 1.807) is 5.01 Å². The van der Waals surface area contributed by atoms with Crippen LogP contribution in [0.2, 0.25) is 0 Å². The minimum absolute atomic E-state index is 0.0275. The van der Waals surface area contributed by atoms with Gasteiger partial charge in [-0.15, -0.1) is 0 Å². The summed E-state index contributed by atoms with van der Waals surface area (Å²) in [6, 6.07) is 0.152. The van der Waals surface area contributed by atoms with Crippen molar-refractivity contribution in [2.24, 2.45) is 11.6 Å². The molecule has 5 nitrogen and oxygen atoms in total. The van der Waals surface area contributed by atoms with Crippen LogP contribution in [0.15, 0.2) is 11.4 Å². The molecule has 0 spiro atoms. The quantitative estimate of drug-likeness (QED) is 0.390. The summed E-state index contributed by atoms with van der Waals surface area (Å²) >= 11 is 0. The van der Waals surface area contributed by atoms with E-state index in [1.807, 2.05) is 13.8 Å². The summed E-state index contributed by atoms with van der Waals surface area (Å²) in [5, 5.41) is 4.20. The largest absolute Gasteiger partial charge is 0.399 e. The molecule has 1 aliphatic heterocycles. The lowest BCUT2D eigenvalue weighted by Crippen LogP contribution is -2.44. The van der Waals surface area contributed by atoms with Crippen LogP contribution in [-0.2, 0) is 4.79 Å². The van der Waals surface area contributed by atoms with E-state index in [0.717, 1.165) is 5.70 Å². The van der Waals surface area contributed by atoms with Crippen molar-refractivity contribution in [1.29, 1.82) is 0 Å². The number of carbonyl (C=O) groups is 1. The molecule has 74 valence electrons. The van der Waals surface area contributed by atoms with E-state index in [4.69, 9.17) is 11.6 Å². The summed E-state index contributed by atoms with van der Waals surface area (Å²) in [6.07, 6.45) is 0.278. The molecular weight excluding hydrogens is 168 g/mol. The first-order valence-electron chi connectivity index (χ1n) is 4.30. The molecule has 13 heavy (non-hydrogen) atoms. The number of hydrogen-bond donors (Lipinski definition) is 3. The highest BCUT2D eigenvalue weighted by molar-refractivity contribution is 5.80. The summed E-state index contributed by atoms with van der Waals surface area (Å²) in [7, 11) is 0. The molecule has 0 saturated heterocycles. The predicted octanol–water partition coefficient (Wildman–Crippen LogP) is -0.739. The fourth-order valence-electron chi connectivity index (χ4n) is 1.19. The zero-order chi connectivity index (χ0) is 10.0. The summed E-state index contributed by atoms with van der Waals surface area (Å²) in [5.41, 5.74) is 7.11. The molecule has 0 atom stereocenters. The third-order valence-corrected chi connectivity index (χ3v) is 2.04. The van der Waals surface area contributed by atoms with Crippen LogP contribution in [0, 0.1) is 0 Å². The average molecular weight is 184 g/mol. The zero-order valence-electron chi connectivity index (χ0n) is 8.00. The second-order valence-electron chi connectivity index (χ2n) is 3.43. The Morgan fingerprint density at radius 2 is 2.15 bits per heavy atom. The van der Waals surface area contributed by atoms with E-state index in [-0.39, 0.29) is 18.4 Å². The van der Waals surface area contributed by atoms with E-state index in [1.165, 1.54) is 0 Å². The Labute approximate surface area is 77.7 Å². The Hall–Kier alpha value is -1.23. The maximum absolute atomic E-state index is 11.1. The molecule has 0 unspecified atom stereocenters. The number of rotatable bonds is 2. The molecule has 0 saturated carbocycles. The van der Waals surface area contributed by atoms with Crippen LogP contribution in [0.25, 0.3) is 0 Å². The van der Waals surface area contributed by atoms with Gasteiger partial charge in [0.1, 0.15) is 0 Å². The molecular formula is C8H16N4O. The van der Waals surface area contributed by atoms with Crippen molar-refractivity contribution in [3.8, 4) is 0 Å². The van der Waals surface area contributed by atoms with Crippen molar-refractivity contribution in [2.75, 3.05) is 6.54 Å². The van der Waals surface area contributed by atoms with Crippen LogP contribution in [0.1, 0.15) is 20.3 Å². The maximum atomic E-state index is 11.1. The number of hydrazine groups is 1. The topological polar surface area (TPSA) is 84.4 Å². The van der Waals surface area contributed by atoms with E-state index in [2.05, 4.69) is 5.32 Å². The van der Waals surface area contributed by atoms with E-state index in [9.17, 15) is 4.79 Å². The molecule has 0 radical (unpaired) electrons. The lowest BCUT2D eigenvalue weighted by molar-refractivity contribution is -0.121. The second-order valence-corrected chi connectivity index (χ2v) is 3.43. The van der Waals surface area contributed by atoms with Crippen LogP contribution in [0.3, 0.4) is 0 Å². The molecule has 5 N–H and O–H groups in total. The van der Waals surface area contributed by atoms with Gasteiger partial charge in [-0.05, 0) is 13.8 Å². The molecule has 1 amide bonds. The number of nitrogens with zero attached hydrogens (tertiary/aromatic N) is 1. The van der Waals surface area contributed by atoms with Gasteiger partial charge < -0.3 is 16.1 Å². The Morgan fingerprint density at radius 1 is 1.54 bits per heavy atom. The maximum Gasteiger partial charge on any atom is 0.226 e. The first-order valence-corrected chi connectivity index (χ1v) is 4.30. The number of carbonyl (C=O) groups excluding carboxylic acids is 1. The van der Waals surface area contributed by atoms with Crippen molar-refractivity contribution in [3.05, 3.63) is 11.4 Å². The third kappa shape index (κ3) is 2.12. The van der Waals surface area contributed by atoms with Crippen LogP contribution in [0.5, 0.6) is 0 Å². The Bertz CT molecular complexity index is 247. The Balaban J connectivity index is 2.81. The lowest BCUT2D eigenvalue weighted by atomic mass is 10.1. The van der Waals surface area contributed by atoms with Gasteiger partial charge in [0.2, 0.25) is 5.91 Å². The van der Waals surface area contributed by atoms with Crippen LogP contribution in [0.4, 0.5) is 0 Å². The van der Waals surface area contributed by atoms with E-state index < -0.39 is 0 Å². The van der Waals surface area contributed by atoms with Crippen molar-refractivity contribution >= 4 is 5.91 Å². The number of amides is 1. The fraction of sp³-hybridized carbons (Fsp3) is 0.625. The highest BCUT2D eigenvalue weighted by Crippen LogP contribution is 2.13. The summed E-state index contributed by atoms with van der Waals surface area (Å²) in [5.74, 6) is 5.73. The molecule has 0 aromatic rings. The number of nitrogens with one attached hydrogen (secondary N) is 1. The second kappa shape index (κ2) is 3.66. The van der Waals surface area contributed by atoms with Gasteiger partial charge in [-0.1, -0.05) is 0 Å². The van der Waals surface area contributed by atoms with Crippen molar-refractivity contribution in [1.82, 2.24) is 10.3 Å². The smallest absolute Gasteiger partial charge is 0.226 e. The van der Waals surface area contributed by atoms with Gasteiger partial charge in [-0.2, -0.15) is 0 Å². The van der Waals surface area contributed by atoms with Gasteiger partial charge in [-0.25, -0.2) is 5.84 Å². The van der Waals surface area contributed by atoms with Gasteiger partial charge in [0, 0.05) is 11.7 Å². The van der Waals surface area contributed by atoms with Gasteiger partial charge in [0.25, 0.3) is 0 Å². The fourth-order valence-corrected chi connectivity index (χ4v) is 1.19. The number of nitrogens with two attached hydrogens (primary N) is 2. The zero-order valence-corrected chi connectivity index (χ0v) is 8.00. The van der Waals surface area contributed by atoms with Crippen molar-refractivity contribution < 1.29 is 4.79 Å². The molecule has 5 heteroatoms. The normalized spacial score (nSPS) is 17.7. The summed E-state index contributed by atoms with van der Waals surface area (Å²) in [6.45, 7) is 4.30. The van der Waals surface area contributed by atoms with Crippen LogP contribution >= 0.6 is 0 Å². The van der Waals surface area contributed by atoms with Gasteiger partial charge >= 0.3 is 0 Å². The van der Waals surface area contributed by atoms with Gasteiger partial charge in [0.15, 0.2) is 0 Å². The highest BCUT2D eigenvalue weighted by atomic mass is 16.1. The Kier molecular flexibility index (Phi) is 2.77. The van der Waals surface area contributed by atoms with Crippen molar-refractivity contribution in [3.63, 3.8) is 0 Å². The summed E-state index contributed by atoms with van der Waals surface area (Å²) < 4.78 is 0. The molecule has 0 bridgehead atoms. The standard InChI is InChI=1S/C8H16N4O/c1-5(2)12(10)7-3-8(13)11-4-6(7)9/h5H,3-4,9-10H2,1-2H3,(H,11,13). The molecule has 1 aliphatic rings. The molecule has 1 rings (SSSR count). The summed E-state index contributed by atoms with van der Waals surface area (Å²) in [4.78, 5) is 11.1. The average Bonchev–Trinajstić information content (AvgIpc) is 2.08. The SMILES string of the molecule is CC(C)N(N)C1=C(N)CNC(=O)C1. The minimum atomic E-state index is -0.0275. The molecule has 0 aromatic carbocycles. The third-order valence-electron chi connectivity index (χ3n) is 2.04. The van der Waals surface area contributed by atoms with Crippen LogP contribution < -0.4 is 16.9 Å². The van der Waals surface area contributed by atoms with Crippen LogP contribution in [-0.4, -0.2) is 23.5 Å². The predicted molar refractivity (Wildman–Crippen MR) is 50.0 cm³/mol. The molecule has 0 aromatic heterocycles. The first-order chi connectivity index (χ1) is 6.02. The molecule has 0 fully saturated rings.